The predicted octanol–water partition coefficient (Wildman–Crippen LogP) is 4.89. The van der Waals surface area contributed by atoms with Crippen molar-refractivity contribution in [3.8, 4) is 0 Å². The van der Waals surface area contributed by atoms with Gasteiger partial charge < -0.3 is 9.84 Å². The number of sulfonamides is 1. The maximum absolute atomic E-state index is 13.9. The zero-order chi connectivity index (χ0) is 26.7. The second kappa shape index (κ2) is 10.8. The molecule has 0 saturated carbocycles. The fraction of sp³-hybridized carbons (Fsp3) is 0.250. The Balaban J connectivity index is 1.45. The highest BCUT2D eigenvalue weighted by Crippen LogP contribution is 2.31. The molecule has 0 aliphatic carbocycles. The molecule has 3 aromatic rings. The average Bonchev–Trinajstić information content (AvgIpc) is 3.25. The summed E-state index contributed by atoms with van der Waals surface area (Å²) in [6.07, 6.45) is 3.25. The summed E-state index contributed by atoms with van der Waals surface area (Å²) in [5, 5.41) is 17.4. The molecule has 0 radical (unpaired) electrons. The second-order valence-corrected chi connectivity index (χ2v) is 10.7. The van der Waals surface area contributed by atoms with E-state index < -0.39 is 26.7 Å². The van der Waals surface area contributed by atoms with Gasteiger partial charge in [0.15, 0.2) is 10.7 Å². The smallest absolute Gasteiger partial charge is 0.289 e. The van der Waals surface area contributed by atoms with Crippen molar-refractivity contribution in [1.82, 2.24) is 9.46 Å². The van der Waals surface area contributed by atoms with Gasteiger partial charge in [0.2, 0.25) is 15.9 Å². The van der Waals surface area contributed by atoms with Crippen LogP contribution in [0.25, 0.3) is 12.2 Å². The summed E-state index contributed by atoms with van der Waals surface area (Å²) in [5.41, 5.74) is 0.321. The lowest BCUT2D eigenvalue weighted by atomic mass is 9.97. The van der Waals surface area contributed by atoms with E-state index in [-0.39, 0.29) is 70.1 Å². The summed E-state index contributed by atoms with van der Waals surface area (Å²) < 4.78 is 47.2. The molecular formula is C24H22ClFN4O6S. The highest BCUT2D eigenvalue weighted by molar-refractivity contribution is 7.89. The van der Waals surface area contributed by atoms with Gasteiger partial charge in [0.25, 0.3) is 5.69 Å². The monoisotopic (exact) mass is 548 g/mol. The molecule has 1 N–H and O–H groups in total. The first-order chi connectivity index (χ1) is 17.6. The molecule has 10 nitrogen and oxygen atoms in total. The van der Waals surface area contributed by atoms with E-state index in [0.29, 0.717) is 0 Å². The van der Waals surface area contributed by atoms with Crippen LogP contribution in [-0.2, 0) is 14.8 Å². The van der Waals surface area contributed by atoms with E-state index in [4.69, 9.17) is 16.1 Å². The number of nitro groups is 1. The number of hydrogen-bond donors (Lipinski definition) is 1. The number of nitrogens with zero attached hydrogens (tertiary/aromatic N) is 3. The maximum atomic E-state index is 13.9. The minimum atomic E-state index is -4.01. The number of aromatic nitrogens is 1. The first-order valence-corrected chi connectivity index (χ1v) is 13.0. The van der Waals surface area contributed by atoms with Crippen LogP contribution in [-0.4, -0.2) is 41.8 Å². The summed E-state index contributed by atoms with van der Waals surface area (Å²) >= 11 is 5.81. The Morgan fingerprint density at radius 3 is 2.62 bits per heavy atom. The number of hydrogen-bond acceptors (Lipinski definition) is 7. The standard InChI is InChI=1S/C24H22ClFN4O6S/c1-15-23(22(36-28-15)9-6-16-4-2-3-5-20(16)26)37(34,35)29-12-10-17(11-13-29)24(31)27-18-7-8-19(25)21(14-18)30(32)33/h2-9,14,17H,10-13H2,1H3,(H,27,31)/b9-6+. The number of piperidine rings is 1. The van der Waals surface area contributed by atoms with Gasteiger partial charge in [0.1, 0.15) is 16.5 Å². The molecular weight excluding hydrogens is 527 g/mol. The minimum absolute atomic E-state index is 0.0232. The van der Waals surface area contributed by atoms with Crippen LogP contribution in [0.2, 0.25) is 5.02 Å². The molecule has 194 valence electrons. The van der Waals surface area contributed by atoms with Crippen LogP contribution in [0, 0.1) is 28.8 Å². The molecule has 0 unspecified atom stereocenters. The molecule has 1 amide bonds. The number of amides is 1. The largest absolute Gasteiger partial charge is 0.355 e. The molecule has 37 heavy (non-hydrogen) atoms. The van der Waals surface area contributed by atoms with E-state index in [1.807, 2.05) is 0 Å². The fourth-order valence-corrected chi connectivity index (χ4v) is 5.94. The van der Waals surface area contributed by atoms with Crippen molar-refractivity contribution in [2.45, 2.75) is 24.7 Å². The lowest BCUT2D eigenvalue weighted by Gasteiger charge is -2.30. The second-order valence-electron chi connectivity index (χ2n) is 8.41. The number of anilines is 1. The van der Waals surface area contributed by atoms with Crippen molar-refractivity contribution < 1.29 is 27.0 Å². The Hall–Kier alpha value is -3.61. The fourth-order valence-electron chi connectivity index (χ4n) is 4.04. The Kier molecular flexibility index (Phi) is 7.71. The predicted molar refractivity (Wildman–Crippen MR) is 135 cm³/mol. The number of nitrogens with one attached hydrogen (secondary N) is 1. The summed E-state index contributed by atoms with van der Waals surface area (Å²) in [6, 6.07) is 9.98. The van der Waals surface area contributed by atoms with Gasteiger partial charge >= 0.3 is 0 Å². The van der Waals surface area contributed by atoms with Gasteiger partial charge in [-0.05, 0) is 50.1 Å². The van der Waals surface area contributed by atoms with Crippen LogP contribution >= 0.6 is 11.6 Å². The molecule has 2 heterocycles. The number of benzene rings is 2. The third-order valence-electron chi connectivity index (χ3n) is 5.99. The van der Waals surface area contributed by atoms with E-state index in [1.54, 1.807) is 18.2 Å². The van der Waals surface area contributed by atoms with Crippen molar-refractivity contribution in [2.75, 3.05) is 18.4 Å². The molecule has 1 aliphatic rings. The Morgan fingerprint density at radius 1 is 1.24 bits per heavy atom. The van der Waals surface area contributed by atoms with Gasteiger partial charge in [-0.1, -0.05) is 35.0 Å². The van der Waals surface area contributed by atoms with Crippen LogP contribution in [0.15, 0.2) is 51.9 Å². The van der Waals surface area contributed by atoms with Gasteiger partial charge in [-0.2, -0.15) is 4.31 Å². The number of carbonyl (C=O) groups excluding carboxylic acids is 1. The lowest BCUT2D eigenvalue weighted by Crippen LogP contribution is -2.41. The van der Waals surface area contributed by atoms with Crippen LogP contribution in [0.1, 0.15) is 29.9 Å². The van der Waals surface area contributed by atoms with Gasteiger partial charge in [-0.25, -0.2) is 12.8 Å². The normalized spacial score (nSPS) is 15.2. The zero-order valence-electron chi connectivity index (χ0n) is 19.6. The van der Waals surface area contributed by atoms with E-state index in [0.717, 1.165) is 0 Å². The molecule has 0 bridgehead atoms. The maximum Gasteiger partial charge on any atom is 0.289 e. The summed E-state index contributed by atoms with van der Waals surface area (Å²) in [7, 11) is -4.01. The van der Waals surface area contributed by atoms with E-state index in [1.165, 1.54) is 47.6 Å². The molecule has 1 fully saturated rings. The van der Waals surface area contributed by atoms with Crippen LogP contribution in [0.4, 0.5) is 15.8 Å². The van der Waals surface area contributed by atoms with Gasteiger partial charge in [0, 0.05) is 36.3 Å². The van der Waals surface area contributed by atoms with Crippen LogP contribution in [0.5, 0.6) is 0 Å². The van der Waals surface area contributed by atoms with E-state index in [9.17, 15) is 27.7 Å². The van der Waals surface area contributed by atoms with E-state index >= 15 is 0 Å². The van der Waals surface area contributed by atoms with E-state index in [2.05, 4.69) is 10.5 Å². The lowest BCUT2D eigenvalue weighted by molar-refractivity contribution is -0.384. The summed E-state index contributed by atoms with van der Waals surface area (Å²) in [4.78, 5) is 23.0. The van der Waals surface area contributed by atoms with Crippen LogP contribution < -0.4 is 5.32 Å². The number of carbonyl (C=O) groups is 1. The quantitative estimate of drug-likeness (QED) is 0.328. The molecule has 4 rings (SSSR count). The Bertz CT molecular complexity index is 1480. The zero-order valence-corrected chi connectivity index (χ0v) is 21.1. The van der Waals surface area contributed by atoms with Crippen molar-refractivity contribution in [1.29, 1.82) is 0 Å². The molecule has 1 aromatic heterocycles. The third-order valence-corrected chi connectivity index (χ3v) is 8.36. The molecule has 2 aromatic carbocycles. The minimum Gasteiger partial charge on any atom is -0.355 e. The number of rotatable bonds is 7. The van der Waals surface area contributed by atoms with Gasteiger partial charge in [-0.3, -0.25) is 14.9 Å². The van der Waals surface area contributed by atoms with Crippen LogP contribution in [0.3, 0.4) is 0 Å². The van der Waals surface area contributed by atoms with Crippen molar-refractivity contribution >= 4 is 51.1 Å². The molecule has 13 heteroatoms. The average molecular weight is 549 g/mol. The molecule has 0 spiro atoms. The van der Waals surface area contributed by atoms with Gasteiger partial charge in [-0.15, -0.1) is 0 Å². The third kappa shape index (κ3) is 5.71. The van der Waals surface area contributed by atoms with Crippen molar-refractivity contribution in [3.05, 3.63) is 80.4 Å². The number of nitro benzene ring substituents is 1. The highest BCUT2D eigenvalue weighted by atomic mass is 35.5. The first kappa shape index (κ1) is 26.5. The Morgan fingerprint density at radius 2 is 1.95 bits per heavy atom. The number of halogens is 2. The summed E-state index contributed by atoms with van der Waals surface area (Å²) in [5.74, 6) is -1.36. The summed E-state index contributed by atoms with van der Waals surface area (Å²) in [6.45, 7) is 1.65. The topological polar surface area (TPSA) is 136 Å². The SMILES string of the molecule is Cc1noc(/C=C/c2ccccc2F)c1S(=O)(=O)N1CCC(C(=O)Nc2ccc(Cl)c([N+](=O)[O-])c2)CC1. The number of aryl methyl sites for hydroxylation is 1. The molecule has 1 saturated heterocycles. The first-order valence-electron chi connectivity index (χ1n) is 11.2. The van der Waals surface area contributed by atoms with Gasteiger partial charge in [0.05, 0.1) is 4.92 Å². The highest BCUT2D eigenvalue weighted by Gasteiger charge is 2.36. The molecule has 1 aliphatic heterocycles. The van der Waals surface area contributed by atoms with Crippen molar-refractivity contribution in [3.63, 3.8) is 0 Å². The van der Waals surface area contributed by atoms with Crippen molar-refractivity contribution in [2.24, 2.45) is 5.92 Å². The Labute approximate surface area is 216 Å². The molecule has 0 atom stereocenters.